The second-order valence-electron chi connectivity index (χ2n) is 7.51. The lowest BCUT2D eigenvalue weighted by Gasteiger charge is -2.40. The van der Waals surface area contributed by atoms with E-state index in [0.29, 0.717) is 11.1 Å². The van der Waals surface area contributed by atoms with Crippen LogP contribution in [-0.4, -0.2) is 49.7 Å². The second kappa shape index (κ2) is 7.86. The number of Topliss-reactive ketones (excluding diaryl/α,β-unsaturated/α-hetero) is 1. The van der Waals surface area contributed by atoms with Crippen molar-refractivity contribution in [2.75, 3.05) is 27.3 Å². The molecule has 1 amide bonds. The van der Waals surface area contributed by atoms with Crippen LogP contribution in [0, 0.1) is 5.41 Å². The number of amides is 1. The highest BCUT2D eigenvalue weighted by Crippen LogP contribution is 3.02. The molecule has 34 heavy (non-hydrogen) atoms. The van der Waals surface area contributed by atoms with Crippen molar-refractivity contribution in [1.82, 2.24) is 10.2 Å². The molecule has 2 N–H and O–H groups in total. The minimum Gasteiger partial charge on any atom is -0.497 e. The van der Waals surface area contributed by atoms with E-state index in [9.17, 15) is 29.0 Å². The van der Waals surface area contributed by atoms with Crippen molar-refractivity contribution in [2.24, 2.45) is 0 Å². The van der Waals surface area contributed by atoms with Crippen LogP contribution in [0.1, 0.15) is 38.8 Å². The zero-order chi connectivity index (χ0) is 25.5. The monoisotopic (exact) mass is 507 g/mol. The number of ether oxygens (including phenoxy) is 2. The van der Waals surface area contributed by atoms with E-state index in [-0.39, 0.29) is 42.4 Å². The molecule has 1 aliphatic rings. The second-order valence-corrected chi connectivity index (χ2v) is 9.92. The van der Waals surface area contributed by atoms with Gasteiger partial charge in [-0.15, -0.1) is 0 Å². The number of ketones is 1. The molecule has 0 saturated carbocycles. The summed E-state index contributed by atoms with van der Waals surface area (Å²) in [6.45, 7) is 1.47. The summed E-state index contributed by atoms with van der Waals surface area (Å²) in [5, 5.41) is 10.8. The highest BCUT2D eigenvalue weighted by Gasteiger charge is 2.65. The molecule has 0 saturated heterocycles. The van der Waals surface area contributed by atoms with Crippen LogP contribution in [0.15, 0.2) is 35.2 Å². The maximum Gasteiger partial charge on any atom is 0.310 e. The van der Waals surface area contributed by atoms with Gasteiger partial charge in [-0.3, -0.25) is 15.0 Å². The molecule has 13 heteroatoms. The van der Waals surface area contributed by atoms with Crippen LogP contribution in [0.5, 0.6) is 11.5 Å². The van der Waals surface area contributed by atoms with E-state index in [1.807, 2.05) is 0 Å². The summed E-state index contributed by atoms with van der Waals surface area (Å²) >= 11 is 0. The van der Waals surface area contributed by atoms with Crippen molar-refractivity contribution >= 4 is 27.8 Å². The predicted molar refractivity (Wildman–Crippen MR) is 117 cm³/mol. The van der Waals surface area contributed by atoms with Gasteiger partial charge in [0, 0.05) is 30.8 Å². The number of benzene rings is 2. The lowest BCUT2D eigenvalue weighted by molar-refractivity contribution is 0.0952. The minimum absolute atomic E-state index is 0.0341. The van der Waals surface area contributed by atoms with Crippen molar-refractivity contribution in [1.29, 1.82) is 5.41 Å². The van der Waals surface area contributed by atoms with Crippen molar-refractivity contribution in [3.8, 4) is 11.5 Å². The number of halogens is 5. The topological polar surface area (TPSA) is 91.7 Å². The molecule has 2 aromatic carbocycles. The summed E-state index contributed by atoms with van der Waals surface area (Å²) < 4.78 is 76.8. The van der Waals surface area contributed by atoms with Gasteiger partial charge >= 0.3 is 10.2 Å². The number of nitrogens with zero attached hydrogens (tertiary/aromatic N) is 1. The molecule has 186 valence electrons. The molecule has 1 aliphatic heterocycles. The smallest absolute Gasteiger partial charge is 0.310 e. The number of carbonyl (C=O) groups excluding carboxylic acids is 2. The van der Waals surface area contributed by atoms with Gasteiger partial charge in [0.25, 0.3) is 5.91 Å². The van der Waals surface area contributed by atoms with Crippen LogP contribution in [0.25, 0.3) is 0 Å². The lowest BCUT2D eigenvalue weighted by Crippen LogP contribution is -2.30. The molecular formula is C21H22F5N3O4S. The molecule has 0 aliphatic carbocycles. The third kappa shape index (κ3) is 5.08. The van der Waals surface area contributed by atoms with E-state index >= 15 is 0 Å². The SMILES string of the molecule is CCOc1cc2c(cc1C(=O)NC)C(=N)N(CC(=O)c1cc(OC)cc(S(F)(F)(F)(F)F)c1)C2. The van der Waals surface area contributed by atoms with Crippen LogP contribution in [0.4, 0.5) is 19.4 Å². The average Bonchev–Trinajstić information content (AvgIpc) is 3.05. The molecule has 1 heterocycles. The van der Waals surface area contributed by atoms with Crippen LogP contribution in [0.3, 0.4) is 0 Å². The van der Waals surface area contributed by atoms with Gasteiger partial charge in [0.15, 0.2) is 5.78 Å². The number of nitrogens with one attached hydrogen (secondary N) is 2. The Kier molecular flexibility index (Phi) is 5.84. The Bertz CT molecular complexity index is 1200. The quantitative estimate of drug-likeness (QED) is 0.382. The highest BCUT2D eigenvalue weighted by molar-refractivity contribution is 8.45. The summed E-state index contributed by atoms with van der Waals surface area (Å²) in [5.41, 5.74) is 0.446. The molecule has 0 bridgehead atoms. The van der Waals surface area contributed by atoms with E-state index < -0.39 is 44.7 Å². The van der Waals surface area contributed by atoms with Crippen LogP contribution >= 0.6 is 10.2 Å². The first-order chi connectivity index (χ1) is 15.6. The summed E-state index contributed by atoms with van der Waals surface area (Å²) in [5.74, 6) is -1.79. The molecule has 3 rings (SSSR count). The van der Waals surface area contributed by atoms with Gasteiger partial charge < -0.3 is 19.7 Å². The zero-order valence-corrected chi connectivity index (χ0v) is 19.2. The molecule has 0 spiro atoms. The summed E-state index contributed by atoms with van der Waals surface area (Å²) in [7, 11) is -7.64. The molecule has 0 aromatic heterocycles. The summed E-state index contributed by atoms with van der Waals surface area (Å²) in [6, 6.07) is 4.15. The molecule has 0 radical (unpaired) electrons. The minimum atomic E-state index is -10.1. The van der Waals surface area contributed by atoms with E-state index in [1.165, 1.54) is 18.0 Å². The largest absolute Gasteiger partial charge is 0.497 e. The fourth-order valence-corrected chi connectivity index (χ4v) is 4.18. The number of methoxy groups -OCH3 is 1. The number of hydrogen-bond acceptors (Lipinski definition) is 5. The fourth-order valence-electron chi connectivity index (χ4n) is 3.49. The third-order valence-corrected chi connectivity index (χ3v) is 6.25. The number of hydrogen-bond donors (Lipinski definition) is 2. The van der Waals surface area contributed by atoms with Gasteiger partial charge in [-0.25, -0.2) is 0 Å². The molecular weight excluding hydrogens is 485 g/mol. The van der Waals surface area contributed by atoms with Gasteiger partial charge in [-0.1, -0.05) is 19.4 Å². The van der Waals surface area contributed by atoms with Gasteiger partial charge in [0.2, 0.25) is 0 Å². The van der Waals surface area contributed by atoms with Gasteiger partial charge in [-0.05, 0) is 36.8 Å². The normalized spacial score (nSPS) is 15.3. The third-order valence-electron chi connectivity index (χ3n) is 5.13. The van der Waals surface area contributed by atoms with Gasteiger partial charge in [0.05, 0.1) is 25.8 Å². The van der Waals surface area contributed by atoms with Crippen molar-refractivity contribution in [3.63, 3.8) is 0 Å². The Morgan fingerprint density at radius 1 is 1.12 bits per heavy atom. The zero-order valence-electron chi connectivity index (χ0n) is 18.4. The summed E-state index contributed by atoms with van der Waals surface area (Å²) in [4.78, 5) is 24.0. The Balaban J connectivity index is 1.93. The van der Waals surface area contributed by atoms with Crippen LogP contribution < -0.4 is 14.8 Å². The van der Waals surface area contributed by atoms with Crippen LogP contribution in [-0.2, 0) is 6.54 Å². The molecule has 0 atom stereocenters. The highest BCUT2D eigenvalue weighted by atomic mass is 32.5. The van der Waals surface area contributed by atoms with Gasteiger partial charge in [0.1, 0.15) is 22.2 Å². The maximum absolute atomic E-state index is 13.3. The number of carbonyl (C=O) groups is 2. The lowest BCUT2D eigenvalue weighted by atomic mass is 10.0. The number of fused-ring (bicyclic) bond motifs is 1. The van der Waals surface area contributed by atoms with E-state index in [4.69, 9.17) is 10.1 Å². The van der Waals surface area contributed by atoms with Crippen molar-refractivity contribution in [2.45, 2.75) is 18.4 Å². The van der Waals surface area contributed by atoms with Crippen molar-refractivity contribution in [3.05, 3.63) is 52.6 Å². The van der Waals surface area contributed by atoms with Crippen molar-refractivity contribution < 1.29 is 38.5 Å². The summed E-state index contributed by atoms with van der Waals surface area (Å²) in [6.07, 6.45) is 0. The first kappa shape index (κ1) is 25.3. The first-order valence-corrected chi connectivity index (χ1v) is 11.8. The Hall–Kier alpha value is -3.35. The molecule has 0 fully saturated rings. The number of rotatable bonds is 8. The Labute approximate surface area is 192 Å². The standard InChI is InChI=1S/C21H22F5N3O4S/c1-4-33-19-7-13-10-29(20(27)16(13)9-17(19)21(31)28-2)11-18(30)12-5-14(32-3)8-15(6-12)34(22,23,24,25)26/h5-9,27H,4,10-11H2,1-3H3,(H,28,31). The molecule has 7 nitrogen and oxygen atoms in total. The molecule has 0 unspecified atom stereocenters. The molecule has 2 aromatic rings. The van der Waals surface area contributed by atoms with E-state index in [1.54, 1.807) is 13.0 Å². The van der Waals surface area contributed by atoms with E-state index in [2.05, 4.69) is 10.1 Å². The predicted octanol–water partition coefficient (Wildman–Crippen LogP) is 5.13. The first-order valence-electron chi connectivity index (χ1n) is 9.90. The van der Waals surface area contributed by atoms with Gasteiger partial charge in [-0.2, -0.15) is 0 Å². The number of amidine groups is 1. The average molecular weight is 507 g/mol. The maximum atomic E-state index is 13.3. The van der Waals surface area contributed by atoms with Crippen LogP contribution in [0.2, 0.25) is 0 Å². The fraction of sp³-hybridized carbons (Fsp3) is 0.286. The Morgan fingerprint density at radius 3 is 2.35 bits per heavy atom. The van der Waals surface area contributed by atoms with E-state index in [0.717, 1.165) is 13.2 Å². The Morgan fingerprint density at radius 2 is 1.79 bits per heavy atom.